The van der Waals surface area contributed by atoms with Crippen LogP contribution in [0.15, 0.2) is 72.9 Å². The van der Waals surface area contributed by atoms with E-state index in [1.54, 1.807) is 6.20 Å². The van der Waals surface area contributed by atoms with E-state index in [2.05, 4.69) is 29.3 Å². The molecule has 2 amide bonds. The van der Waals surface area contributed by atoms with E-state index in [4.69, 9.17) is 0 Å². The molecule has 2 bridgehead atoms. The van der Waals surface area contributed by atoms with Crippen LogP contribution in [-0.4, -0.2) is 16.8 Å². The Morgan fingerprint density at radius 2 is 1.54 bits per heavy atom. The van der Waals surface area contributed by atoms with Gasteiger partial charge in [-0.1, -0.05) is 54.6 Å². The second-order valence-corrected chi connectivity index (χ2v) is 7.91. The molecule has 2 aromatic carbocycles. The molecule has 2 fully saturated rings. The summed E-state index contributed by atoms with van der Waals surface area (Å²) in [4.78, 5) is 32.4. The third kappa shape index (κ3) is 1.97. The Kier molecular flexibility index (Phi) is 3.16. The number of carbonyl (C=O) groups is 2. The number of pyridine rings is 1. The van der Waals surface area contributed by atoms with Crippen molar-refractivity contribution in [2.24, 2.45) is 23.7 Å². The fourth-order valence-corrected chi connectivity index (χ4v) is 5.35. The number of anilines is 1. The molecule has 2 heterocycles. The summed E-state index contributed by atoms with van der Waals surface area (Å²) in [7, 11) is 0. The number of imide groups is 1. The minimum Gasteiger partial charge on any atom is -0.274 e. The number of aromatic nitrogens is 1. The molecule has 4 nitrogen and oxygen atoms in total. The van der Waals surface area contributed by atoms with Gasteiger partial charge in [0.25, 0.3) is 0 Å². The Balaban J connectivity index is 1.51. The zero-order chi connectivity index (χ0) is 18.8. The molecule has 1 saturated heterocycles. The van der Waals surface area contributed by atoms with Gasteiger partial charge in [0, 0.05) is 11.6 Å². The largest absolute Gasteiger partial charge is 0.274 e. The minimum atomic E-state index is -0.199. The topological polar surface area (TPSA) is 50.3 Å². The molecule has 1 aromatic heterocycles. The Morgan fingerprint density at radius 3 is 2.25 bits per heavy atom. The van der Waals surface area contributed by atoms with Crippen molar-refractivity contribution in [1.82, 2.24) is 4.98 Å². The van der Waals surface area contributed by atoms with Crippen LogP contribution in [-0.2, 0) is 9.59 Å². The summed E-state index contributed by atoms with van der Waals surface area (Å²) < 4.78 is 0. The number of fused-ring (bicyclic) bond motifs is 6. The highest BCUT2D eigenvalue weighted by Gasteiger charge is 2.59. The smallest absolute Gasteiger partial charge is 0.238 e. The Labute approximate surface area is 162 Å². The summed E-state index contributed by atoms with van der Waals surface area (Å²) in [6, 6.07) is 17.8. The first kappa shape index (κ1) is 15.8. The van der Waals surface area contributed by atoms with E-state index in [1.165, 1.54) is 4.90 Å². The first-order chi connectivity index (χ1) is 13.7. The van der Waals surface area contributed by atoms with Gasteiger partial charge in [-0.15, -0.1) is 0 Å². The molecule has 1 saturated carbocycles. The molecule has 3 aliphatic rings. The summed E-state index contributed by atoms with van der Waals surface area (Å²) in [6.45, 7) is 0. The van der Waals surface area contributed by atoms with Crippen LogP contribution in [0.1, 0.15) is 6.42 Å². The van der Waals surface area contributed by atoms with Crippen molar-refractivity contribution in [2.45, 2.75) is 6.42 Å². The summed E-state index contributed by atoms with van der Waals surface area (Å²) in [5.41, 5.74) is 3.45. The van der Waals surface area contributed by atoms with E-state index in [-0.39, 0.29) is 35.5 Å². The molecule has 3 aromatic rings. The minimum absolute atomic E-state index is 0.0636. The number of amides is 2. The second kappa shape index (κ2) is 5.61. The SMILES string of the molecule is O=C1[C@@H]2[C@H](C(=O)N1c1cccc3c(-c4ccccc4)ccnc13)[C@H]1C=C[C@H]2C1. The monoisotopic (exact) mass is 366 g/mol. The van der Waals surface area contributed by atoms with Gasteiger partial charge in [0.1, 0.15) is 0 Å². The van der Waals surface area contributed by atoms with Crippen LogP contribution in [0.4, 0.5) is 5.69 Å². The van der Waals surface area contributed by atoms with E-state index in [0.29, 0.717) is 11.2 Å². The Hall–Kier alpha value is -3.27. The highest BCUT2D eigenvalue weighted by molar-refractivity contribution is 6.25. The van der Waals surface area contributed by atoms with Gasteiger partial charge in [-0.25, -0.2) is 4.90 Å². The van der Waals surface area contributed by atoms with E-state index in [0.717, 1.165) is 22.9 Å². The molecule has 0 radical (unpaired) electrons. The molecule has 0 N–H and O–H groups in total. The number of carbonyl (C=O) groups excluding carboxylic acids is 2. The van der Waals surface area contributed by atoms with Crippen LogP contribution < -0.4 is 4.90 Å². The quantitative estimate of drug-likeness (QED) is 0.504. The highest BCUT2D eigenvalue weighted by Crippen LogP contribution is 2.53. The number of hydrogen-bond acceptors (Lipinski definition) is 3. The number of nitrogens with zero attached hydrogens (tertiary/aromatic N) is 2. The predicted octanol–water partition coefficient (Wildman–Crippen LogP) is 4.21. The van der Waals surface area contributed by atoms with Crippen LogP contribution in [0.2, 0.25) is 0 Å². The maximum atomic E-state index is 13.2. The second-order valence-electron chi connectivity index (χ2n) is 7.91. The maximum absolute atomic E-state index is 13.2. The van der Waals surface area contributed by atoms with Gasteiger partial charge >= 0.3 is 0 Å². The zero-order valence-corrected chi connectivity index (χ0v) is 15.2. The lowest BCUT2D eigenvalue weighted by atomic mass is 9.85. The van der Waals surface area contributed by atoms with Gasteiger partial charge in [0.2, 0.25) is 11.8 Å². The molecule has 0 spiro atoms. The molecule has 136 valence electrons. The van der Waals surface area contributed by atoms with Crippen LogP contribution in [0.5, 0.6) is 0 Å². The van der Waals surface area contributed by atoms with Gasteiger partial charge in [0.05, 0.1) is 23.0 Å². The van der Waals surface area contributed by atoms with Crippen molar-refractivity contribution >= 4 is 28.4 Å². The third-order valence-electron chi connectivity index (χ3n) is 6.55. The third-order valence-corrected chi connectivity index (χ3v) is 6.55. The van der Waals surface area contributed by atoms with Gasteiger partial charge in [-0.2, -0.15) is 0 Å². The molecule has 4 heteroatoms. The molecule has 4 atom stereocenters. The lowest BCUT2D eigenvalue weighted by Gasteiger charge is -2.19. The van der Waals surface area contributed by atoms with Crippen molar-refractivity contribution in [3.63, 3.8) is 0 Å². The number of allylic oxidation sites excluding steroid dienone is 2. The molecular formula is C24H18N2O2. The van der Waals surface area contributed by atoms with Crippen molar-refractivity contribution in [1.29, 1.82) is 0 Å². The maximum Gasteiger partial charge on any atom is 0.238 e. The van der Waals surface area contributed by atoms with Crippen molar-refractivity contribution < 1.29 is 9.59 Å². The van der Waals surface area contributed by atoms with Gasteiger partial charge in [0.15, 0.2) is 0 Å². The normalized spacial score (nSPS) is 27.8. The Morgan fingerprint density at radius 1 is 0.821 bits per heavy atom. The zero-order valence-electron chi connectivity index (χ0n) is 15.2. The van der Waals surface area contributed by atoms with Gasteiger partial charge < -0.3 is 0 Å². The molecular weight excluding hydrogens is 348 g/mol. The molecule has 2 aliphatic carbocycles. The van der Waals surface area contributed by atoms with Crippen LogP contribution in [0.25, 0.3) is 22.0 Å². The summed E-state index contributed by atoms with van der Waals surface area (Å²) in [5.74, 6) is -0.110. The number of hydrogen-bond donors (Lipinski definition) is 0. The molecule has 6 rings (SSSR count). The van der Waals surface area contributed by atoms with E-state index < -0.39 is 0 Å². The summed E-state index contributed by atoms with van der Waals surface area (Å²) in [5, 5.41) is 0.949. The summed E-state index contributed by atoms with van der Waals surface area (Å²) in [6.07, 6.45) is 6.93. The first-order valence-electron chi connectivity index (χ1n) is 9.73. The standard InChI is InChI=1S/C24H18N2O2/c27-23-20-15-9-10-16(13-15)21(20)24(28)26(23)19-8-4-7-18-17(11-12-25-22(18)19)14-5-2-1-3-6-14/h1-12,15-16,20-21H,13H2/t15-,16-,20-,21+/m0/s1. The number of rotatable bonds is 2. The molecule has 1 aliphatic heterocycles. The average Bonchev–Trinajstić information content (AvgIpc) is 3.42. The lowest BCUT2D eigenvalue weighted by molar-refractivity contribution is -0.123. The highest BCUT2D eigenvalue weighted by atomic mass is 16.2. The fourth-order valence-electron chi connectivity index (χ4n) is 5.35. The lowest BCUT2D eigenvalue weighted by Crippen LogP contribution is -2.33. The van der Waals surface area contributed by atoms with Crippen LogP contribution in [0.3, 0.4) is 0 Å². The van der Waals surface area contributed by atoms with E-state index >= 15 is 0 Å². The average molecular weight is 366 g/mol. The van der Waals surface area contributed by atoms with Crippen molar-refractivity contribution in [3.8, 4) is 11.1 Å². The first-order valence-corrected chi connectivity index (χ1v) is 9.73. The van der Waals surface area contributed by atoms with Crippen molar-refractivity contribution in [3.05, 3.63) is 72.9 Å². The molecule has 0 unspecified atom stereocenters. The van der Waals surface area contributed by atoms with Gasteiger partial charge in [-0.05, 0) is 41.5 Å². The van der Waals surface area contributed by atoms with Crippen LogP contribution >= 0.6 is 0 Å². The molecule has 28 heavy (non-hydrogen) atoms. The van der Waals surface area contributed by atoms with E-state index in [9.17, 15) is 9.59 Å². The Bertz CT molecular complexity index is 1140. The number of benzene rings is 2. The van der Waals surface area contributed by atoms with Gasteiger partial charge in [-0.3, -0.25) is 14.6 Å². The summed E-state index contributed by atoms with van der Waals surface area (Å²) >= 11 is 0. The van der Waals surface area contributed by atoms with E-state index in [1.807, 2.05) is 42.5 Å². The fraction of sp³-hybridized carbons (Fsp3) is 0.208. The number of para-hydroxylation sites is 1. The predicted molar refractivity (Wildman–Crippen MR) is 107 cm³/mol. The van der Waals surface area contributed by atoms with Crippen LogP contribution in [0, 0.1) is 23.7 Å². The van der Waals surface area contributed by atoms with Crippen molar-refractivity contribution in [2.75, 3.05) is 4.90 Å².